The van der Waals surface area contributed by atoms with Crippen LogP contribution in [0.5, 0.6) is 0 Å². The van der Waals surface area contributed by atoms with E-state index >= 15 is 0 Å². The minimum atomic E-state index is -0.579. The third kappa shape index (κ3) is 20.0. The average molecular weight is 731 g/mol. The van der Waals surface area contributed by atoms with Crippen molar-refractivity contribution in [2.24, 2.45) is 41.4 Å². The molecular weight excluding hydrogens is 672 g/mol. The fourth-order valence-electron chi connectivity index (χ4n) is 5.59. The van der Waals surface area contributed by atoms with Gasteiger partial charge in [-0.1, -0.05) is 72.6 Å². The Labute approximate surface area is 308 Å². The minimum Gasteiger partial charge on any atom is -0.393 e. The van der Waals surface area contributed by atoms with Gasteiger partial charge < -0.3 is 18.9 Å². The molecule has 4 aliphatic rings. The molecule has 52 heavy (non-hydrogen) atoms. The Morgan fingerprint density at radius 3 is 1.54 bits per heavy atom. The van der Waals surface area contributed by atoms with Crippen molar-refractivity contribution in [2.45, 2.75) is 125 Å². The lowest BCUT2D eigenvalue weighted by Gasteiger charge is -2.21. The van der Waals surface area contributed by atoms with Gasteiger partial charge >= 0.3 is 47.8 Å². The molecule has 290 valence electrons. The lowest BCUT2D eigenvalue weighted by atomic mass is 9.80. The summed E-state index contributed by atoms with van der Waals surface area (Å²) < 4.78 is 17.6. The lowest BCUT2D eigenvalue weighted by molar-refractivity contribution is -0.155. The molecule has 4 heterocycles. The Morgan fingerprint density at radius 2 is 1.12 bits per heavy atom. The Kier molecular flexibility index (Phi) is 21.9. The lowest BCUT2D eigenvalue weighted by Crippen LogP contribution is -2.22. The molecule has 0 aromatic carbocycles. The molecule has 3 fully saturated rings. The second kappa shape index (κ2) is 24.9. The first-order valence-corrected chi connectivity index (χ1v) is 18.4. The van der Waals surface area contributed by atoms with Crippen LogP contribution in [0.1, 0.15) is 125 Å². The van der Waals surface area contributed by atoms with Crippen molar-refractivity contribution < 1.29 is 57.3 Å². The standard InChI is InChI=1S/C16H22O6.C12H18O3.C8H16.C4H2O3/c1-9(2)3-4-10(12-8-14(18)22-16(12)20)5-6-11-7-13(17)21-15(11)19;1-9(2)6-4-3-5-7-10-8-11(13)15-12(10)14;1-4-5-6-7-8(2)3;5-3-1-2-4(6)7-3/h9-12H,3-8H2,1-2H3;3,5,9-10H,4,6-8H2,1-2H3;4,8H,1,5-7H2,2-3H3;1-2H. The van der Waals surface area contributed by atoms with E-state index < -0.39 is 47.7 Å². The quantitative estimate of drug-likeness (QED) is 0.0520. The van der Waals surface area contributed by atoms with Gasteiger partial charge in [0, 0.05) is 12.2 Å². The number of rotatable bonds is 16. The van der Waals surface area contributed by atoms with Crippen LogP contribution in [0.2, 0.25) is 0 Å². The van der Waals surface area contributed by atoms with Crippen LogP contribution in [-0.2, 0) is 57.3 Å². The number of carbonyl (C=O) groups excluding carboxylic acids is 8. The summed E-state index contributed by atoms with van der Waals surface area (Å²) in [5.74, 6) is -2.81. The first-order chi connectivity index (χ1) is 24.5. The maximum Gasteiger partial charge on any atom is 0.338 e. The molecule has 0 saturated carbocycles. The van der Waals surface area contributed by atoms with E-state index in [2.05, 4.69) is 73.1 Å². The largest absolute Gasteiger partial charge is 0.393 e. The van der Waals surface area contributed by atoms with Gasteiger partial charge in [0.2, 0.25) is 0 Å². The van der Waals surface area contributed by atoms with Crippen LogP contribution in [-0.4, -0.2) is 47.8 Å². The summed E-state index contributed by atoms with van der Waals surface area (Å²) in [6.45, 7) is 16.7. The molecule has 12 heteroatoms. The summed E-state index contributed by atoms with van der Waals surface area (Å²) in [5, 5.41) is 0. The first kappa shape index (κ1) is 45.8. The zero-order valence-electron chi connectivity index (χ0n) is 31.7. The number of hydrogen-bond acceptors (Lipinski definition) is 12. The summed E-state index contributed by atoms with van der Waals surface area (Å²) in [4.78, 5) is 87.4. The van der Waals surface area contributed by atoms with Crippen LogP contribution in [0, 0.1) is 41.4 Å². The summed E-state index contributed by atoms with van der Waals surface area (Å²) in [7, 11) is 0. The summed E-state index contributed by atoms with van der Waals surface area (Å²) in [6, 6.07) is 0. The highest BCUT2D eigenvalue weighted by Gasteiger charge is 2.40. The normalized spacial score (nSPS) is 21.4. The van der Waals surface area contributed by atoms with Gasteiger partial charge in [0.1, 0.15) is 0 Å². The number of cyclic esters (lactones) is 8. The predicted octanol–water partition coefficient (Wildman–Crippen LogP) is 7.08. The Bertz CT molecular complexity index is 1290. The van der Waals surface area contributed by atoms with Crippen LogP contribution < -0.4 is 0 Å². The topological polar surface area (TPSA) is 173 Å². The molecule has 4 aliphatic heterocycles. The van der Waals surface area contributed by atoms with Crippen LogP contribution in [0.4, 0.5) is 0 Å². The number of allylic oxidation sites excluding steroid dienone is 3. The van der Waals surface area contributed by atoms with Gasteiger partial charge in [0.05, 0.1) is 37.0 Å². The summed E-state index contributed by atoms with van der Waals surface area (Å²) >= 11 is 0. The molecule has 0 bridgehead atoms. The van der Waals surface area contributed by atoms with Crippen LogP contribution in [0.25, 0.3) is 0 Å². The van der Waals surface area contributed by atoms with E-state index in [-0.39, 0.29) is 43.0 Å². The fraction of sp³-hybridized carbons (Fsp3) is 0.650. The molecule has 4 atom stereocenters. The van der Waals surface area contributed by atoms with Gasteiger partial charge in [-0.15, -0.1) is 6.58 Å². The minimum absolute atomic E-state index is 0.00449. The van der Waals surface area contributed by atoms with Crippen molar-refractivity contribution in [3.05, 3.63) is 37.0 Å². The monoisotopic (exact) mass is 730 g/mol. The third-order valence-corrected chi connectivity index (χ3v) is 8.64. The van der Waals surface area contributed by atoms with E-state index in [1.807, 2.05) is 12.2 Å². The maximum atomic E-state index is 11.8. The second-order valence-corrected chi connectivity index (χ2v) is 14.7. The number of unbranched alkanes of at least 4 members (excludes halogenated alkanes) is 1. The Hall–Kier alpha value is -4.22. The van der Waals surface area contributed by atoms with Crippen molar-refractivity contribution in [1.29, 1.82) is 0 Å². The molecule has 0 spiro atoms. The molecule has 12 nitrogen and oxygen atoms in total. The van der Waals surface area contributed by atoms with Gasteiger partial charge in [-0.2, -0.15) is 0 Å². The fourth-order valence-corrected chi connectivity index (χ4v) is 5.59. The Morgan fingerprint density at radius 1 is 0.596 bits per heavy atom. The van der Waals surface area contributed by atoms with Crippen molar-refractivity contribution in [1.82, 2.24) is 0 Å². The molecule has 0 aromatic rings. The van der Waals surface area contributed by atoms with Crippen LogP contribution in [0.15, 0.2) is 37.0 Å². The van der Waals surface area contributed by atoms with E-state index in [4.69, 9.17) is 0 Å². The number of carbonyl (C=O) groups is 8. The number of hydrogen-bond donors (Lipinski definition) is 0. The first-order valence-electron chi connectivity index (χ1n) is 18.4. The SMILES string of the molecule is C=CCCCC(C)C.CC(C)CCC(CCC1CC(=O)OC1=O)C1CC(=O)OC1=O.CC(C)CCC=CCC1CC(=O)OC1=O.O=C1C=CC(=O)O1. The molecule has 0 N–H and O–H groups in total. The molecule has 0 amide bonds. The van der Waals surface area contributed by atoms with E-state index in [1.165, 1.54) is 19.3 Å². The van der Waals surface area contributed by atoms with Gasteiger partial charge in [-0.25, -0.2) is 9.59 Å². The van der Waals surface area contributed by atoms with Crippen LogP contribution >= 0.6 is 0 Å². The van der Waals surface area contributed by atoms with Gasteiger partial charge in [0.25, 0.3) is 0 Å². The Balaban J connectivity index is 0.000000387. The molecule has 3 saturated heterocycles. The van der Waals surface area contributed by atoms with Crippen molar-refractivity contribution >= 4 is 47.8 Å². The maximum absolute atomic E-state index is 11.8. The highest BCUT2D eigenvalue weighted by Crippen LogP contribution is 2.34. The highest BCUT2D eigenvalue weighted by atomic mass is 16.6. The smallest absolute Gasteiger partial charge is 0.338 e. The van der Waals surface area contributed by atoms with E-state index in [0.29, 0.717) is 31.1 Å². The summed E-state index contributed by atoms with van der Waals surface area (Å²) in [5.41, 5.74) is 0. The van der Waals surface area contributed by atoms with Crippen molar-refractivity contribution in [2.75, 3.05) is 0 Å². The third-order valence-electron chi connectivity index (χ3n) is 8.64. The second-order valence-electron chi connectivity index (χ2n) is 14.7. The molecular formula is C40H58O12. The van der Waals surface area contributed by atoms with Gasteiger partial charge in [-0.05, 0) is 75.0 Å². The van der Waals surface area contributed by atoms with Crippen molar-refractivity contribution in [3.8, 4) is 0 Å². The number of esters is 8. The van der Waals surface area contributed by atoms with Crippen molar-refractivity contribution in [3.63, 3.8) is 0 Å². The molecule has 4 rings (SSSR count). The van der Waals surface area contributed by atoms with Crippen LogP contribution in [0.3, 0.4) is 0 Å². The average Bonchev–Trinajstić information content (AvgIpc) is 3.79. The van der Waals surface area contributed by atoms with E-state index in [1.54, 1.807) is 0 Å². The predicted molar refractivity (Wildman–Crippen MR) is 191 cm³/mol. The molecule has 0 aromatic heterocycles. The zero-order chi connectivity index (χ0) is 39.2. The molecule has 4 unspecified atom stereocenters. The van der Waals surface area contributed by atoms with E-state index in [9.17, 15) is 38.4 Å². The molecule has 0 radical (unpaired) electrons. The summed E-state index contributed by atoms with van der Waals surface area (Å²) in [6.07, 6.45) is 18.2. The number of ether oxygens (including phenoxy) is 4. The van der Waals surface area contributed by atoms with E-state index in [0.717, 1.165) is 43.8 Å². The van der Waals surface area contributed by atoms with Gasteiger partial charge in [-0.3, -0.25) is 28.8 Å². The highest BCUT2D eigenvalue weighted by molar-refractivity contribution is 6.05. The van der Waals surface area contributed by atoms with Gasteiger partial charge in [0.15, 0.2) is 0 Å². The zero-order valence-corrected chi connectivity index (χ0v) is 31.7. The molecule has 0 aliphatic carbocycles.